The van der Waals surface area contributed by atoms with Crippen LogP contribution in [0.1, 0.15) is 34.6 Å². The van der Waals surface area contributed by atoms with Crippen molar-refractivity contribution < 1.29 is 14.0 Å². The Morgan fingerprint density at radius 1 is 1.00 bits per heavy atom. The number of rotatable bonds is 6. The van der Waals surface area contributed by atoms with E-state index in [2.05, 4.69) is 16.0 Å². The number of nitrogens with one attached hydrogen (secondary N) is 3. The second-order valence-electron chi connectivity index (χ2n) is 6.09. The third kappa shape index (κ3) is 5.22. The average molecular weight is 363 g/mol. The minimum absolute atomic E-state index is 0.0925. The summed E-state index contributed by atoms with van der Waals surface area (Å²) in [6.07, 6.45) is 1.45. The summed E-state index contributed by atoms with van der Waals surface area (Å²) < 4.78 is 5.07. The van der Waals surface area contributed by atoms with Crippen molar-refractivity contribution in [2.45, 2.75) is 19.5 Å². The highest BCUT2D eigenvalue weighted by Gasteiger charge is 2.10. The van der Waals surface area contributed by atoms with Crippen LogP contribution in [0, 0.1) is 0 Å². The quantitative estimate of drug-likeness (QED) is 0.617. The molecule has 3 amide bonds. The van der Waals surface area contributed by atoms with Crippen LogP contribution >= 0.6 is 0 Å². The van der Waals surface area contributed by atoms with Crippen LogP contribution in [0.3, 0.4) is 0 Å². The number of carbonyl (C=O) groups excluding carboxylic acids is 2. The van der Waals surface area contributed by atoms with Gasteiger partial charge in [-0.05, 0) is 42.3 Å². The highest BCUT2D eigenvalue weighted by atomic mass is 16.3. The molecule has 3 rings (SSSR count). The maximum atomic E-state index is 12.1. The lowest BCUT2D eigenvalue weighted by Crippen LogP contribution is -2.36. The number of urea groups is 1. The van der Waals surface area contributed by atoms with E-state index < -0.39 is 0 Å². The Hall–Kier alpha value is -3.54. The summed E-state index contributed by atoms with van der Waals surface area (Å²) >= 11 is 0. The predicted octanol–water partition coefficient (Wildman–Crippen LogP) is 4.09. The molecule has 0 radical (unpaired) electrons. The van der Waals surface area contributed by atoms with Gasteiger partial charge in [-0.2, -0.15) is 0 Å². The fourth-order valence-corrected chi connectivity index (χ4v) is 2.61. The summed E-state index contributed by atoms with van der Waals surface area (Å²) in [5.41, 5.74) is 2.54. The Bertz CT molecular complexity index is 892. The minimum Gasteiger partial charge on any atom is -0.459 e. The van der Waals surface area contributed by atoms with E-state index in [1.54, 1.807) is 18.2 Å². The second-order valence-corrected chi connectivity index (χ2v) is 6.09. The first-order valence-electron chi connectivity index (χ1n) is 8.65. The molecule has 0 aliphatic carbocycles. The molecule has 138 valence electrons. The number of amides is 3. The standard InChI is InChI=1S/C21H21N3O3/c1-15(17-8-3-2-4-9-17)23-21(26)22-14-16-7-5-10-18(13-16)24-20(25)19-11-6-12-27-19/h2-13,15H,14H2,1H3,(H,24,25)(H2,22,23,26). The van der Waals surface area contributed by atoms with Gasteiger partial charge in [0.25, 0.3) is 5.91 Å². The Morgan fingerprint density at radius 3 is 2.56 bits per heavy atom. The summed E-state index contributed by atoms with van der Waals surface area (Å²) in [7, 11) is 0. The number of furan rings is 1. The molecule has 0 fully saturated rings. The van der Waals surface area contributed by atoms with Crippen molar-refractivity contribution in [1.29, 1.82) is 0 Å². The number of hydrogen-bond donors (Lipinski definition) is 3. The van der Waals surface area contributed by atoms with Crippen molar-refractivity contribution in [3.8, 4) is 0 Å². The molecular weight excluding hydrogens is 342 g/mol. The molecule has 6 heteroatoms. The van der Waals surface area contributed by atoms with E-state index in [4.69, 9.17) is 4.42 Å². The monoisotopic (exact) mass is 363 g/mol. The molecule has 1 heterocycles. The van der Waals surface area contributed by atoms with E-state index in [0.717, 1.165) is 11.1 Å². The molecule has 27 heavy (non-hydrogen) atoms. The molecule has 0 aliphatic rings. The van der Waals surface area contributed by atoms with E-state index in [1.807, 2.05) is 55.5 Å². The summed E-state index contributed by atoms with van der Waals surface area (Å²) in [6.45, 7) is 2.28. The van der Waals surface area contributed by atoms with Crippen molar-refractivity contribution in [2.24, 2.45) is 0 Å². The summed E-state index contributed by atoms with van der Waals surface area (Å²) in [5.74, 6) is -0.0765. The summed E-state index contributed by atoms with van der Waals surface area (Å²) in [4.78, 5) is 24.1. The molecule has 1 atom stereocenters. The topological polar surface area (TPSA) is 83.4 Å². The Morgan fingerprint density at radius 2 is 1.81 bits per heavy atom. The van der Waals surface area contributed by atoms with Gasteiger partial charge >= 0.3 is 6.03 Å². The number of anilines is 1. The van der Waals surface area contributed by atoms with Crippen molar-refractivity contribution in [3.63, 3.8) is 0 Å². The number of benzene rings is 2. The maximum absolute atomic E-state index is 12.1. The fourth-order valence-electron chi connectivity index (χ4n) is 2.61. The summed E-state index contributed by atoms with van der Waals surface area (Å²) in [6, 6.07) is 19.9. The first-order chi connectivity index (χ1) is 13.1. The van der Waals surface area contributed by atoms with Crippen LogP contribution in [-0.2, 0) is 6.54 Å². The first-order valence-corrected chi connectivity index (χ1v) is 8.65. The van der Waals surface area contributed by atoms with Crippen molar-refractivity contribution in [1.82, 2.24) is 10.6 Å². The normalized spacial score (nSPS) is 11.4. The second kappa shape index (κ2) is 8.71. The van der Waals surface area contributed by atoms with Crippen LogP contribution in [0.2, 0.25) is 0 Å². The molecular formula is C21H21N3O3. The van der Waals surface area contributed by atoms with Gasteiger partial charge in [0.05, 0.1) is 12.3 Å². The molecule has 3 N–H and O–H groups in total. The van der Waals surface area contributed by atoms with Crippen LogP contribution in [0.25, 0.3) is 0 Å². The zero-order valence-corrected chi connectivity index (χ0v) is 14.9. The molecule has 0 spiro atoms. The zero-order valence-electron chi connectivity index (χ0n) is 14.9. The van der Waals surface area contributed by atoms with Crippen molar-refractivity contribution >= 4 is 17.6 Å². The Balaban J connectivity index is 1.52. The first kappa shape index (κ1) is 18.3. The highest BCUT2D eigenvalue weighted by molar-refractivity contribution is 6.02. The van der Waals surface area contributed by atoms with Crippen LogP contribution in [-0.4, -0.2) is 11.9 Å². The van der Waals surface area contributed by atoms with Crippen LogP contribution < -0.4 is 16.0 Å². The molecule has 3 aromatic rings. The molecule has 0 saturated heterocycles. The zero-order chi connectivity index (χ0) is 19.1. The molecule has 1 aromatic heterocycles. The SMILES string of the molecule is CC(NC(=O)NCc1cccc(NC(=O)c2ccco2)c1)c1ccccc1. The van der Waals surface area contributed by atoms with E-state index >= 15 is 0 Å². The third-order valence-corrected chi connectivity index (χ3v) is 4.03. The maximum Gasteiger partial charge on any atom is 0.315 e. The molecule has 2 aromatic carbocycles. The average Bonchev–Trinajstić information content (AvgIpc) is 3.22. The van der Waals surface area contributed by atoms with Gasteiger partial charge in [-0.3, -0.25) is 4.79 Å². The smallest absolute Gasteiger partial charge is 0.315 e. The number of carbonyl (C=O) groups is 2. The third-order valence-electron chi connectivity index (χ3n) is 4.03. The van der Waals surface area contributed by atoms with Crippen molar-refractivity contribution in [2.75, 3.05) is 5.32 Å². The van der Waals surface area contributed by atoms with Gasteiger partial charge in [0.1, 0.15) is 0 Å². The van der Waals surface area contributed by atoms with Gasteiger partial charge in [0, 0.05) is 12.2 Å². The minimum atomic E-state index is -0.320. The van der Waals surface area contributed by atoms with E-state index in [-0.39, 0.29) is 23.7 Å². The molecule has 0 bridgehead atoms. The van der Waals surface area contributed by atoms with Crippen molar-refractivity contribution in [3.05, 3.63) is 89.9 Å². The lowest BCUT2D eigenvalue weighted by Gasteiger charge is -2.15. The van der Waals surface area contributed by atoms with Gasteiger partial charge in [0.15, 0.2) is 5.76 Å². The lowest BCUT2D eigenvalue weighted by molar-refractivity contribution is 0.0996. The van der Waals surface area contributed by atoms with Crippen LogP contribution in [0.4, 0.5) is 10.5 Å². The Labute approximate surface area is 157 Å². The van der Waals surface area contributed by atoms with Crippen LogP contribution in [0.5, 0.6) is 0 Å². The van der Waals surface area contributed by atoms with Crippen LogP contribution in [0.15, 0.2) is 77.4 Å². The molecule has 0 saturated carbocycles. The molecule has 6 nitrogen and oxygen atoms in total. The lowest BCUT2D eigenvalue weighted by atomic mass is 10.1. The predicted molar refractivity (Wildman–Crippen MR) is 103 cm³/mol. The largest absolute Gasteiger partial charge is 0.459 e. The van der Waals surface area contributed by atoms with E-state index in [0.29, 0.717) is 12.2 Å². The highest BCUT2D eigenvalue weighted by Crippen LogP contribution is 2.13. The van der Waals surface area contributed by atoms with Gasteiger partial charge in [0.2, 0.25) is 0 Å². The molecule has 1 unspecified atom stereocenters. The Kier molecular flexibility index (Phi) is 5.89. The molecule has 0 aliphatic heterocycles. The summed E-state index contributed by atoms with van der Waals surface area (Å²) in [5, 5.41) is 8.49. The van der Waals surface area contributed by atoms with E-state index in [9.17, 15) is 9.59 Å². The van der Waals surface area contributed by atoms with Gasteiger partial charge in [-0.25, -0.2) is 4.79 Å². The van der Waals surface area contributed by atoms with E-state index in [1.165, 1.54) is 6.26 Å². The fraction of sp³-hybridized carbons (Fsp3) is 0.143. The van der Waals surface area contributed by atoms with Gasteiger partial charge < -0.3 is 20.4 Å². The van der Waals surface area contributed by atoms with Gasteiger partial charge in [-0.1, -0.05) is 42.5 Å². The van der Waals surface area contributed by atoms with Gasteiger partial charge in [-0.15, -0.1) is 0 Å². The number of hydrogen-bond acceptors (Lipinski definition) is 3.